The summed E-state index contributed by atoms with van der Waals surface area (Å²) in [5, 5.41) is 2.66. The van der Waals surface area contributed by atoms with Crippen LogP contribution in [0.1, 0.15) is 27.2 Å². The first kappa shape index (κ1) is 8.37. The number of carbonyl (C=O) groups is 1. The van der Waals surface area contributed by atoms with Gasteiger partial charge < -0.3 is 10.1 Å². The van der Waals surface area contributed by atoms with E-state index in [1.54, 1.807) is 0 Å². The van der Waals surface area contributed by atoms with Gasteiger partial charge in [0, 0.05) is 0 Å². The number of amides is 1. The van der Waals surface area contributed by atoms with Crippen LogP contribution in [0.25, 0.3) is 0 Å². The maximum atomic E-state index is 10.7. The fourth-order valence-electron chi connectivity index (χ4n) is 1.24. The summed E-state index contributed by atoms with van der Waals surface area (Å²) in [5.74, 6) is 0.418. The van der Waals surface area contributed by atoms with Gasteiger partial charge in [-0.3, -0.25) is 0 Å². The molecule has 0 aromatic rings. The summed E-state index contributed by atoms with van der Waals surface area (Å²) in [6.07, 6.45) is 0.749. The van der Waals surface area contributed by atoms with Crippen LogP contribution in [0.4, 0.5) is 4.79 Å². The first-order valence-electron chi connectivity index (χ1n) is 4.05. The van der Waals surface area contributed by atoms with Crippen molar-refractivity contribution in [2.45, 2.75) is 32.8 Å². The fraction of sp³-hybridized carbons (Fsp3) is 0.875. The third-order valence-electron chi connectivity index (χ3n) is 2.56. The van der Waals surface area contributed by atoms with Crippen molar-refractivity contribution in [2.75, 3.05) is 6.54 Å². The molecule has 1 saturated heterocycles. The Morgan fingerprint density at radius 1 is 1.82 bits per heavy atom. The van der Waals surface area contributed by atoms with Crippen LogP contribution in [0.3, 0.4) is 0 Å². The number of cyclic esters (lactones) is 1. The van der Waals surface area contributed by atoms with Crippen molar-refractivity contribution in [3.05, 3.63) is 0 Å². The van der Waals surface area contributed by atoms with E-state index in [4.69, 9.17) is 4.74 Å². The standard InChI is InChI=1S/C8H15NO2/c1-4-6(2)8(3)5-9-7(10)11-8/h6H,4-5H2,1-3H3,(H,9,10). The topological polar surface area (TPSA) is 38.3 Å². The van der Waals surface area contributed by atoms with Gasteiger partial charge in [-0.15, -0.1) is 0 Å². The van der Waals surface area contributed by atoms with Crippen LogP contribution in [0.5, 0.6) is 0 Å². The fourth-order valence-corrected chi connectivity index (χ4v) is 1.24. The summed E-state index contributed by atoms with van der Waals surface area (Å²) in [6.45, 7) is 6.81. The third kappa shape index (κ3) is 1.47. The zero-order valence-electron chi connectivity index (χ0n) is 7.31. The second-order valence-corrected chi connectivity index (χ2v) is 3.37. The van der Waals surface area contributed by atoms with Gasteiger partial charge in [0.15, 0.2) is 0 Å². The lowest BCUT2D eigenvalue weighted by atomic mass is 9.89. The summed E-state index contributed by atoms with van der Waals surface area (Å²) >= 11 is 0. The molecule has 2 atom stereocenters. The van der Waals surface area contributed by atoms with Gasteiger partial charge in [0.05, 0.1) is 6.54 Å². The molecule has 1 N–H and O–H groups in total. The van der Waals surface area contributed by atoms with Crippen LogP contribution < -0.4 is 5.32 Å². The Bertz CT molecular complexity index is 169. The molecule has 1 heterocycles. The maximum Gasteiger partial charge on any atom is 0.407 e. The molecule has 0 bridgehead atoms. The van der Waals surface area contributed by atoms with Crippen molar-refractivity contribution in [2.24, 2.45) is 5.92 Å². The minimum Gasteiger partial charge on any atom is -0.441 e. The highest BCUT2D eigenvalue weighted by Gasteiger charge is 2.39. The highest BCUT2D eigenvalue weighted by Crippen LogP contribution is 2.26. The number of ether oxygens (including phenoxy) is 1. The van der Waals surface area contributed by atoms with E-state index in [0.717, 1.165) is 6.42 Å². The van der Waals surface area contributed by atoms with Crippen molar-refractivity contribution >= 4 is 6.09 Å². The number of hydrogen-bond acceptors (Lipinski definition) is 2. The van der Waals surface area contributed by atoms with Gasteiger partial charge in [-0.25, -0.2) is 4.79 Å². The van der Waals surface area contributed by atoms with Gasteiger partial charge in [-0.1, -0.05) is 13.8 Å². The van der Waals surface area contributed by atoms with Crippen molar-refractivity contribution < 1.29 is 9.53 Å². The number of nitrogens with one attached hydrogen (secondary N) is 1. The third-order valence-corrected chi connectivity index (χ3v) is 2.56. The highest BCUT2D eigenvalue weighted by atomic mass is 16.6. The summed E-state index contributed by atoms with van der Waals surface area (Å²) in [6, 6.07) is 0. The van der Waals surface area contributed by atoms with Crippen LogP contribution in [-0.2, 0) is 4.74 Å². The van der Waals surface area contributed by atoms with Crippen molar-refractivity contribution in [1.82, 2.24) is 5.32 Å². The number of hydrogen-bond donors (Lipinski definition) is 1. The lowest BCUT2D eigenvalue weighted by Crippen LogP contribution is -2.36. The molecule has 0 aliphatic carbocycles. The highest BCUT2D eigenvalue weighted by molar-refractivity contribution is 5.70. The Morgan fingerprint density at radius 2 is 2.45 bits per heavy atom. The second kappa shape index (κ2) is 2.72. The van der Waals surface area contributed by atoms with Crippen molar-refractivity contribution in [3.63, 3.8) is 0 Å². The van der Waals surface area contributed by atoms with Crippen molar-refractivity contribution in [3.8, 4) is 0 Å². The van der Waals surface area contributed by atoms with Gasteiger partial charge >= 0.3 is 6.09 Å². The molecular formula is C8H15NO2. The largest absolute Gasteiger partial charge is 0.441 e. The minimum atomic E-state index is -0.286. The van der Waals surface area contributed by atoms with E-state index in [1.807, 2.05) is 6.92 Å². The molecule has 3 nitrogen and oxygen atoms in total. The quantitative estimate of drug-likeness (QED) is 0.660. The first-order chi connectivity index (χ1) is 5.08. The zero-order chi connectivity index (χ0) is 8.48. The summed E-state index contributed by atoms with van der Waals surface area (Å²) in [5.41, 5.74) is -0.286. The Labute approximate surface area is 67.1 Å². The predicted octanol–water partition coefficient (Wildman–Crippen LogP) is 1.53. The number of carbonyl (C=O) groups excluding carboxylic acids is 1. The van der Waals surface area contributed by atoms with Gasteiger partial charge in [0.1, 0.15) is 5.60 Å². The van der Waals surface area contributed by atoms with Crippen LogP contribution in [0.15, 0.2) is 0 Å². The Kier molecular flexibility index (Phi) is 2.07. The molecule has 3 heteroatoms. The van der Waals surface area contributed by atoms with E-state index in [-0.39, 0.29) is 11.7 Å². The van der Waals surface area contributed by atoms with Gasteiger partial charge in [-0.05, 0) is 19.3 Å². The number of alkyl carbamates (subject to hydrolysis) is 1. The van der Waals surface area contributed by atoms with Crippen LogP contribution in [0.2, 0.25) is 0 Å². The summed E-state index contributed by atoms with van der Waals surface area (Å²) in [4.78, 5) is 10.7. The second-order valence-electron chi connectivity index (χ2n) is 3.37. The van der Waals surface area contributed by atoms with E-state index < -0.39 is 0 Å². The Balaban J connectivity index is 2.61. The van der Waals surface area contributed by atoms with E-state index >= 15 is 0 Å². The zero-order valence-corrected chi connectivity index (χ0v) is 7.31. The average Bonchev–Trinajstić information content (AvgIpc) is 2.31. The molecule has 0 aromatic heterocycles. The molecule has 1 aliphatic rings. The molecule has 1 rings (SSSR count). The summed E-state index contributed by atoms with van der Waals surface area (Å²) in [7, 11) is 0. The minimum absolute atomic E-state index is 0.284. The Morgan fingerprint density at radius 3 is 2.82 bits per heavy atom. The molecule has 0 aromatic carbocycles. The van der Waals surface area contributed by atoms with Gasteiger partial charge in [0.25, 0.3) is 0 Å². The first-order valence-corrected chi connectivity index (χ1v) is 4.05. The van der Waals surface area contributed by atoms with Crippen molar-refractivity contribution in [1.29, 1.82) is 0 Å². The SMILES string of the molecule is CCC(C)C1(C)CNC(=O)O1. The molecular weight excluding hydrogens is 142 g/mol. The molecule has 1 amide bonds. The van der Waals surface area contributed by atoms with Crippen LogP contribution >= 0.6 is 0 Å². The molecule has 0 radical (unpaired) electrons. The molecule has 2 unspecified atom stereocenters. The van der Waals surface area contributed by atoms with Crippen LogP contribution in [0, 0.1) is 5.92 Å². The van der Waals surface area contributed by atoms with Gasteiger partial charge in [0.2, 0.25) is 0 Å². The summed E-state index contributed by atoms with van der Waals surface area (Å²) < 4.78 is 5.15. The average molecular weight is 157 g/mol. The van der Waals surface area contributed by atoms with E-state index in [9.17, 15) is 4.79 Å². The lowest BCUT2D eigenvalue weighted by molar-refractivity contribution is 0.0268. The van der Waals surface area contributed by atoms with E-state index in [0.29, 0.717) is 12.5 Å². The molecule has 64 valence electrons. The maximum absolute atomic E-state index is 10.7. The smallest absolute Gasteiger partial charge is 0.407 e. The van der Waals surface area contributed by atoms with E-state index in [1.165, 1.54) is 0 Å². The Hall–Kier alpha value is -0.730. The monoisotopic (exact) mass is 157 g/mol. The molecule has 11 heavy (non-hydrogen) atoms. The lowest BCUT2D eigenvalue weighted by Gasteiger charge is -2.27. The van der Waals surface area contributed by atoms with Crippen LogP contribution in [-0.4, -0.2) is 18.2 Å². The molecule has 0 saturated carbocycles. The van der Waals surface area contributed by atoms with Gasteiger partial charge in [-0.2, -0.15) is 0 Å². The number of rotatable bonds is 2. The molecule has 1 aliphatic heterocycles. The molecule has 0 spiro atoms. The molecule has 1 fully saturated rings. The predicted molar refractivity (Wildman–Crippen MR) is 42.3 cm³/mol. The van der Waals surface area contributed by atoms with E-state index in [2.05, 4.69) is 19.2 Å². The normalized spacial score (nSPS) is 32.8.